The van der Waals surface area contributed by atoms with Gasteiger partial charge in [-0.15, -0.1) is 0 Å². The predicted octanol–water partition coefficient (Wildman–Crippen LogP) is 2.32. The van der Waals surface area contributed by atoms with Gasteiger partial charge in [0.15, 0.2) is 0 Å². The number of nitrogens with zero attached hydrogens (tertiary/aromatic N) is 4. The fourth-order valence-corrected chi connectivity index (χ4v) is 2.29. The standard InChI is InChI=1S/C16H16ClN7O/c1-24-9-12(7-21-24)22-16-20-8-13(14(18)25)15(23-16)19-6-10-2-4-11(17)5-3-10/h2-5,7-9H,6H2,1H3,(H2,18,25)(H2,19,20,22,23). The lowest BCUT2D eigenvalue weighted by Gasteiger charge is -2.11. The number of amides is 1. The Bertz CT molecular complexity index is 892. The third-order valence-corrected chi connectivity index (χ3v) is 3.64. The van der Waals surface area contributed by atoms with Crippen LogP contribution in [0.2, 0.25) is 5.02 Å². The van der Waals surface area contributed by atoms with E-state index in [2.05, 4.69) is 25.7 Å². The molecule has 2 heterocycles. The number of halogens is 1. The summed E-state index contributed by atoms with van der Waals surface area (Å²) < 4.78 is 1.65. The Hall–Kier alpha value is -3.13. The topological polar surface area (TPSA) is 111 Å². The molecule has 0 aliphatic heterocycles. The van der Waals surface area contributed by atoms with Gasteiger partial charge in [0.1, 0.15) is 5.82 Å². The summed E-state index contributed by atoms with van der Waals surface area (Å²) in [4.78, 5) is 20.0. The molecule has 128 valence electrons. The zero-order valence-electron chi connectivity index (χ0n) is 13.4. The molecule has 8 nitrogen and oxygen atoms in total. The number of carbonyl (C=O) groups is 1. The number of carbonyl (C=O) groups excluding carboxylic acids is 1. The monoisotopic (exact) mass is 357 g/mol. The summed E-state index contributed by atoms with van der Waals surface area (Å²) in [6.07, 6.45) is 4.82. The molecule has 0 spiro atoms. The Morgan fingerprint density at radius 3 is 2.68 bits per heavy atom. The molecular weight excluding hydrogens is 342 g/mol. The highest BCUT2D eigenvalue weighted by atomic mass is 35.5. The van der Waals surface area contributed by atoms with Crippen molar-refractivity contribution in [3.05, 3.63) is 59.0 Å². The molecule has 3 rings (SSSR count). The number of aromatic nitrogens is 4. The fourth-order valence-electron chi connectivity index (χ4n) is 2.16. The normalized spacial score (nSPS) is 10.5. The van der Waals surface area contributed by atoms with Crippen LogP contribution >= 0.6 is 11.6 Å². The van der Waals surface area contributed by atoms with E-state index in [0.717, 1.165) is 11.3 Å². The molecule has 4 N–H and O–H groups in total. The Morgan fingerprint density at radius 2 is 2.04 bits per heavy atom. The van der Waals surface area contributed by atoms with E-state index in [9.17, 15) is 4.79 Å². The second-order valence-corrected chi connectivity index (χ2v) is 5.76. The molecule has 1 amide bonds. The van der Waals surface area contributed by atoms with Crippen LogP contribution in [0.5, 0.6) is 0 Å². The molecule has 0 saturated carbocycles. The van der Waals surface area contributed by atoms with E-state index in [4.69, 9.17) is 17.3 Å². The summed E-state index contributed by atoms with van der Waals surface area (Å²) in [7, 11) is 1.81. The first-order valence-electron chi connectivity index (χ1n) is 7.42. The van der Waals surface area contributed by atoms with E-state index in [0.29, 0.717) is 23.3 Å². The zero-order valence-corrected chi connectivity index (χ0v) is 14.2. The fraction of sp³-hybridized carbons (Fsp3) is 0.125. The quantitative estimate of drug-likeness (QED) is 0.624. The van der Waals surface area contributed by atoms with Crippen molar-refractivity contribution in [3.8, 4) is 0 Å². The number of nitrogens with one attached hydrogen (secondary N) is 2. The van der Waals surface area contributed by atoms with Gasteiger partial charge in [-0.3, -0.25) is 9.48 Å². The van der Waals surface area contributed by atoms with Crippen LogP contribution in [0.15, 0.2) is 42.9 Å². The van der Waals surface area contributed by atoms with Gasteiger partial charge in [0.05, 0.1) is 17.4 Å². The van der Waals surface area contributed by atoms with Crippen LogP contribution in [-0.2, 0) is 13.6 Å². The largest absolute Gasteiger partial charge is 0.365 e. The molecule has 0 saturated heterocycles. The van der Waals surface area contributed by atoms with Crippen LogP contribution in [0.1, 0.15) is 15.9 Å². The minimum Gasteiger partial charge on any atom is -0.365 e. The van der Waals surface area contributed by atoms with Crippen molar-refractivity contribution in [1.82, 2.24) is 19.7 Å². The summed E-state index contributed by atoms with van der Waals surface area (Å²) in [5.41, 5.74) is 7.33. The average Bonchev–Trinajstić information content (AvgIpc) is 2.99. The van der Waals surface area contributed by atoms with E-state index < -0.39 is 5.91 Å². The van der Waals surface area contributed by atoms with Crippen molar-refractivity contribution in [3.63, 3.8) is 0 Å². The first kappa shape index (κ1) is 16.7. The van der Waals surface area contributed by atoms with E-state index in [1.165, 1.54) is 6.20 Å². The third kappa shape index (κ3) is 4.24. The molecule has 3 aromatic rings. The Balaban J connectivity index is 1.80. The molecule has 0 radical (unpaired) electrons. The lowest BCUT2D eigenvalue weighted by molar-refractivity contribution is 0.100. The second kappa shape index (κ2) is 7.18. The number of rotatable bonds is 6. The van der Waals surface area contributed by atoms with Gasteiger partial charge in [-0.25, -0.2) is 4.98 Å². The maximum absolute atomic E-state index is 11.6. The predicted molar refractivity (Wildman–Crippen MR) is 95.8 cm³/mol. The van der Waals surface area contributed by atoms with E-state index in [1.54, 1.807) is 36.3 Å². The van der Waals surface area contributed by atoms with Crippen molar-refractivity contribution >= 4 is 35.0 Å². The molecule has 0 bridgehead atoms. The first-order valence-corrected chi connectivity index (χ1v) is 7.80. The van der Waals surface area contributed by atoms with Crippen molar-refractivity contribution in [1.29, 1.82) is 0 Å². The van der Waals surface area contributed by atoms with Gasteiger partial charge in [-0.1, -0.05) is 23.7 Å². The lowest BCUT2D eigenvalue weighted by atomic mass is 10.2. The highest BCUT2D eigenvalue weighted by molar-refractivity contribution is 6.30. The van der Waals surface area contributed by atoms with Gasteiger partial charge in [0, 0.05) is 31.0 Å². The van der Waals surface area contributed by atoms with Gasteiger partial charge in [0.25, 0.3) is 5.91 Å². The van der Waals surface area contributed by atoms with Gasteiger partial charge >= 0.3 is 0 Å². The number of primary amides is 1. The van der Waals surface area contributed by atoms with E-state index in [-0.39, 0.29) is 5.56 Å². The molecule has 0 atom stereocenters. The number of benzene rings is 1. The molecule has 25 heavy (non-hydrogen) atoms. The van der Waals surface area contributed by atoms with Gasteiger partial charge in [-0.2, -0.15) is 10.1 Å². The van der Waals surface area contributed by atoms with Crippen molar-refractivity contribution in [2.45, 2.75) is 6.54 Å². The lowest BCUT2D eigenvalue weighted by Crippen LogP contribution is -2.17. The summed E-state index contributed by atoms with van der Waals surface area (Å²) in [5, 5.41) is 10.8. The van der Waals surface area contributed by atoms with Crippen LogP contribution < -0.4 is 16.4 Å². The third-order valence-electron chi connectivity index (χ3n) is 3.39. The number of aryl methyl sites for hydroxylation is 1. The van der Waals surface area contributed by atoms with E-state index in [1.807, 2.05) is 12.1 Å². The highest BCUT2D eigenvalue weighted by Crippen LogP contribution is 2.18. The summed E-state index contributed by atoms with van der Waals surface area (Å²) in [5.74, 6) is 0.0759. The molecule has 2 aromatic heterocycles. The van der Waals surface area contributed by atoms with Crippen LogP contribution in [0.25, 0.3) is 0 Å². The van der Waals surface area contributed by atoms with Crippen LogP contribution in [0.3, 0.4) is 0 Å². The SMILES string of the molecule is Cn1cc(Nc2ncc(C(N)=O)c(NCc3ccc(Cl)cc3)n2)cn1. The number of hydrogen-bond donors (Lipinski definition) is 3. The Kier molecular flexibility index (Phi) is 4.80. The van der Waals surface area contributed by atoms with Crippen LogP contribution in [0.4, 0.5) is 17.5 Å². The van der Waals surface area contributed by atoms with Crippen molar-refractivity contribution in [2.24, 2.45) is 12.8 Å². The van der Waals surface area contributed by atoms with Gasteiger partial charge < -0.3 is 16.4 Å². The smallest absolute Gasteiger partial charge is 0.254 e. The molecule has 0 unspecified atom stereocenters. The number of anilines is 3. The molecular formula is C16H16ClN7O. The molecule has 1 aromatic carbocycles. The molecule has 0 aliphatic rings. The van der Waals surface area contributed by atoms with Crippen LogP contribution in [-0.4, -0.2) is 25.7 Å². The van der Waals surface area contributed by atoms with Gasteiger partial charge in [0.2, 0.25) is 5.95 Å². The Labute approximate surface area is 149 Å². The summed E-state index contributed by atoms with van der Waals surface area (Å²) in [6, 6.07) is 7.36. The van der Waals surface area contributed by atoms with Crippen molar-refractivity contribution in [2.75, 3.05) is 10.6 Å². The van der Waals surface area contributed by atoms with Crippen molar-refractivity contribution < 1.29 is 4.79 Å². The molecule has 9 heteroatoms. The second-order valence-electron chi connectivity index (χ2n) is 5.33. The summed E-state index contributed by atoms with van der Waals surface area (Å²) in [6.45, 7) is 0.459. The van der Waals surface area contributed by atoms with E-state index >= 15 is 0 Å². The number of nitrogens with two attached hydrogens (primary N) is 1. The summed E-state index contributed by atoms with van der Waals surface area (Å²) >= 11 is 5.88. The molecule has 0 fully saturated rings. The minimum absolute atomic E-state index is 0.214. The first-order chi connectivity index (χ1) is 12.0. The maximum atomic E-state index is 11.6. The number of hydrogen-bond acceptors (Lipinski definition) is 6. The average molecular weight is 358 g/mol. The highest BCUT2D eigenvalue weighted by Gasteiger charge is 2.12. The van der Waals surface area contributed by atoms with Gasteiger partial charge in [-0.05, 0) is 17.7 Å². The molecule has 0 aliphatic carbocycles. The van der Waals surface area contributed by atoms with Crippen LogP contribution in [0, 0.1) is 0 Å². The minimum atomic E-state index is -0.605. The maximum Gasteiger partial charge on any atom is 0.254 e. The Morgan fingerprint density at radius 1 is 1.28 bits per heavy atom. The zero-order chi connectivity index (χ0) is 17.8.